The normalized spacial score (nSPS) is 25.5. The summed E-state index contributed by atoms with van der Waals surface area (Å²) in [6, 6.07) is 20.5. The van der Waals surface area contributed by atoms with Gasteiger partial charge in [-0.2, -0.15) is 0 Å². The van der Waals surface area contributed by atoms with Gasteiger partial charge in [-0.15, -0.1) is 0 Å². The maximum Gasteiger partial charge on any atom is 0.296 e. The van der Waals surface area contributed by atoms with E-state index in [1.165, 1.54) is 0 Å². The minimum atomic E-state index is -1.10. The molecule has 2 aromatic carbocycles. The van der Waals surface area contributed by atoms with E-state index in [1.807, 2.05) is 50.3 Å². The predicted molar refractivity (Wildman–Crippen MR) is 122 cm³/mol. The lowest BCUT2D eigenvalue weighted by Crippen LogP contribution is -2.47. The molecule has 0 bridgehead atoms. The second-order valence-corrected chi connectivity index (χ2v) is 7.27. The molecule has 2 aliphatic rings. The molecule has 0 aliphatic carbocycles. The van der Waals surface area contributed by atoms with E-state index in [-0.39, 0.29) is 0 Å². The summed E-state index contributed by atoms with van der Waals surface area (Å²) >= 11 is 0. The summed E-state index contributed by atoms with van der Waals surface area (Å²) in [5.41, 5.74) is 3.33. The lowest BCUT2D eigenvalue weighted by atomic mass is 9.63. The van der Waals surface area contributed by atoms with Crippen molar-refractivity contribution in [2.75, 3.05) is 0 Å². The van der Waals surface area contributed by atoms with Crippen molar-refractivity contribution >= 4 is 0 Å². The molecule has 4 rings (SSSR count). The van der Waals surface area contributed by atoms with Gasteiger partial charge in [0.1, 0.15) is 16.9 Å². The summed E-state index contributed by atoms with van der Waals surface area (Å²) in [6.07, 6.45) is 11.8. The van der Waals surface area contributed by atoms with Crippen molar-refractivity contribution in [1.29, 1.82) is 0 Å². The number of benzene rings is 2. The van der Waals surface area contributed by atoms with Crippen molar-refractivity contribution in [2.45, 2.75) is 25.0 Å². The SMILES string of the molecule is C=CC1=C(/C=C\C)C2(c3ccccc3)C(/C=C\C)=C(C=C)OC2(c2ccccc2)O1. The third-order valence-electron chi connectivity index (χ3n) is 5.74. The highest BCUT2D eigenvalue weighted by atomic mass is 16.7. The second kappa shape index (κ2) is 7.72. The van der Waals surface area contributed by atoms with Gasteiger partial charge in [-0.3, -0.25) is 0 Å². The number of hydrogen-bond donors (Lipinski definition) is 0. The zero-order valence-electron chi connectivity index (χ0n) is 17.5. The quantitative estimate of drug-likeness (QED) is 0.532. The van der Waals surface area contributed by atoms with Crippen LogP contribution < -0.4 is 0 Å². The zero-order chi connectivity index (χ0) is 21.2. The molecule has 150 valence electrons. The topological polar surface area (TPSA) is 18.5 Å². The summed E-state index contributed by atoms with van der Waals surface area (Å²) in [5.74, 6) is 0.323. The zero-order valence-corrected chi connectivity index (χ0v) is 17.5. The Bertz CT molecular complexity index is 1040. The van der Waals surface area contributed by atoms with Gasteiger partial charge in [0.2, 0.25) is 0 Å². The minimum absolute atomic E-state index is 0.714. The molecule has 0 saturated heterocycles. The lowest BCUT2D eigenvalue weighted by molar-refractivity contribution is -0.191. The first kappa shape index (κ1) is 19.8. The first-order valence-electron chi connectivity index (χ1n) is 10.2. The van der Waals surface area contributed by atoms with Crippen molar-refractivity contribution in [3.8, 4) is 0 Å². The van der Waals surface area contributed by atoms with Crippen LogP contribution in [0.1, 0.15) is 25.0 Å². The average molecular weight is 395 g/mol. The molecule has 2 heteroatoms. The van der Waals surface area contributed by atoms with Crippen LogP contribution in [0.3, 0.4) is 0 Å². The monoisotopic (exact) mass is 394 g/mol. The van der Waals surface area contributed by atoms with E-state index in [0.29, 0.717) is 11.5 Å². The van der Waals surface area contributed by atoms with Crippen molar-refractivity contribution in [2.24, 2.45) is 0 Å². The Morgan fingerprint density at radius 3 is 1.50 bits per heavy atom. The molecule has 0 N–H and O–H groups in total. The molecule has 0 unspecified atom stereocenters. The molecule has 0 aromatic heterocycles. The van der Waals surface area contributed by atoms with Crippen LogP contribution in [0.15, 0.2) is 133 Å². The molecule has 0 radical (unpaired) electrons. The molecular formula is C28H26O2. The summed E-state index contributed by atoms with van der Waals surface area (Å²) in [4.78, 5) is 0. The molecule has 2 aliphatic heterocycles. The Morgan fingerprint density at radius 1 is 0.667 bits per heavy atom. The van der Waals surface area contributed by atoms with E-state index in [4.69, 9.17) is 9.47 Å². The molecule has 2 heterocycles. The molecule has 30 heavy (non-hydrogen) atoms. The smallest absolute Gasteiger partial charge is 0.296 e. The first-order chi connectivity index (χ1) is 14.7. The van der Waals surface area contributed by atoms with E-state index >= 15 is 0 Å². The summed E-state index contributed by atoms with van der Waals surface area (Å²) in [5, 5.41) is 0. The fourth-order valence-electron chi connectivity index (χ4n) is 4.69. The van der Waals surface area contributed by atoms with Crippen LogP contribution in [-0.2, 0) is 20.7 Å². The third kappa shape index (κ3) is 2.50. The van der Waals surface area contributed by atoms with Crippen molar-refractivity contribution in [3.05, 3.63) is 144 Å². The van der Waals surface area contributed by atoms with Crippen molar-refractivity contribution < 1.29 is 9.47 Å². The lowest BCUT2D eigenvalue weighted by Gasteiger charge is -2.40. The maximum absolute atomic E-state index is 6.70. The number of fused-ring (bicyclic) bond motifs is 1. The van der Waals surface area contributed by atoms with E-state index in [9.17, 15) is 0 Å². The highest BCUT2D eigenvalue weighted by Crippen LogP contribution is 2.66. The molecular weight excluding hydrogens is 368 g/mol. The third-order valence-corrected chi connectivity index (χ3v) is 5.74. The fraction of sp³-hybridized carbons (Fsp3) is 0.143. The molecule has 0 amide bonds. The van der Waals surface area contributed by atoms with Crippen LogP contribution >= 0.6 is 0 Å². The van der Waals surface area contributed by atoms with E-state index in [1.54, 1.807) is 12.2 Å². The van der Waals surface area contributed by atoms with Crippen LogP contribution in [0.5, 0.6) is 0 Å². The van der Waals surface area contributed by atoms with Crippen LogP contribution in [0, 0.1) is 0 Å². The van der Waals surface area contributed by atoms with Gasteiger partial charge in [0.15, 0.2) is 0 Å². The van der Waals surface area contributed by atoms with Gasteiger partial charge < -0.3 is 9.47 Å². The average Bonchev–Trinajstić information content (AvgIpc) is 3.24. The Kier molecular flexibility index (Phi) is 5.09. The summed E-state index contributed by atoms with van der Waals surface area (Å²) in [6.45, 7) is 12.1. The molecule has 0 atom stereocenters. The number of rotatable bonds is 6. The van der Waals surface area contributed by atoms with Gasteiger partial charge >= 0.3 is 0 Å². The molecule has 0 spiro atoms. The summed E-state index contributed by atoms with van der Waals surface area (Å²) < 4.78 is 13.4. The highest BCUT2D eigenvalue weighted by molar-refractivity contribution is 5.66. The molecule has 2 nitrogen and oxygen atoms in total. The van der Waals surface area contributed by atoms with E-state index in [2.05, 4.69) is 61.7 Å². The van der Waals surface area contributed by atoms with Gasteiger partial charge in [-0.1, -0.05) is 98.1 Å². The fourth-order valence-corrected chi connectivity index (χ4v) is 4.69. The van der Waals surface area contributed by atoms with Gasteiger partial charge in [-0.05, 0) is 31.6 Å². The van der Waals surface area contributed by atoms with Crippen LogP contribution in [-0.4, -0.2) is 0 Å². The second-order valence-electron chi connectivity index (χ2n) is 7.27. The largest absolute Gasteiger partial charge is 0.446 e. The highest BCUT2D eigenvalue weighted by Gasteiger charge is 2.70. The van der Waals surface area contributed by atoms with E-state index < -0.39 is 11.2 Å². The van der Waals surface area contributed by atoms with Crippen LogP contribution in [0.4, 0.5) is 0 Å². The van der Waals surface area contributed by atoms with Gasteiger partial charge in [-0.25, -0.2) is 0 Å². The Morgan fingerprint density at radius 2 is 1.10 bits per heavy atom. The summed E-state index contributed by atoms with van der Waals surface area (Å²) in [7, 11) is 0. The maximum atomic E-state index is 6.70. The van der Waals surface area contributed by atoms with Gasteiger partial charge in [0, 0.05) is 16.7 Å². The molecule has 0 saturated carbocycles. The Labute approximate surface area is 178 Å². The van der Waals surface area contributed by atoms with Crippen LogP contribution in [0.2, 0.25) is 0 Å². The van der Waals surface area contributed by atoms with Crippen LogP contribution in [0.25, 0.3) is 0 Å². The number of allylic oxidation sites excluding steroid dienone is 6. The Balaban J connectivity index is 2.21. The van der Waals surface area contributed by atoms with Crippen molar-refractivity contribution in [3.63, 3.8) is 0 Å². The predicted octanol–water partition coefficient (Wildman–Crippen LogP) is 6.87. The number of hydrogen-bond acceptors (Lipinski definition) is 2. The van der Waals surface area contributed by atoms with Gasteiger partial charge in [0.05, 0.1) is 0 Å². The first-order valence-corrected chi connectivity index (χ1v) is 10.2. The number of ether oxygens (including phenoxy) is 2. The minimum Gasteiger partial charge on any atom is -0.446 e. The van der Waals surface area contributed by atoms with Crippen molar-refractivity contribution in [1.82, 2.24) is 0 Å². The Hall–Kier alpha value is -3.52. The molecule has 2 aromatic rings. The molecule has 0 fully saturated rings. The standard InChI is InChI=1S/C28H26O2/c1-5-15-23-25(7-3)29-28(22-19-13-10-14-20-22)27(23,21-17-11-9-12-18-21)24(16-6-2)26(8-4)30-28/h5-20H,3-4H2,1-2H3/b15-5-,16-6-. The van der Waals surface area contributed by atoms with E-state index in [0.717, 1.165) is 22.3 Å². The van der Waals surface area contributed by atoms with Gasteiger partial charge in [0.25, 0.3) is 5.79 Å².